The van der Waals surface area contributed by atoms with Gasteiger partial charge in [0.2, 0.25) is 0 Å². The second-order valence-electron chi connectivity index (χ2n) is 4.16. The first-order valence-corrected chi connectivity index (χ1v) is 6.28. The normalized spacial score (nSPS) is 9.71. The highest BCUT2D eigenvalue weighted by atomic mass is 16.1. The fourth-order valence-electron chi connectivity index (χ4n) is 1.77. The zero-order chi connectivity index (χ0) is 12.5. The number of allylic oxidation sites excluding steroid dienone is 1. The van der Waals surface area contributed by atoms with Crippen molar-refractivity contribution >= 4 is 5.78 Å². The first kappa shape index (κ1) is 13.5. The first-order chi connectivity index (χ1) is 8.29. The summed E-state index contributed by atoms with van der Waals surface area (Å²) in [5.41, 5.74) is 4.24. The number of Topliss-reactive ketones (excluding diaryl/α,β-unsaturated/α-hetero) is 1. The van der Waals surface area contributed by atoms with Crippen molar-refractivity contribution in [2.24, 2.45) is 0 Å². The molecule has 1 aromatic carbocycles. The first-order valence-electron chi connectivity index (χ1n) is 6.28. The molecule has 90 valence electrons. The molecule has 0 heterocycles. The van der Waals surface area contributed by atoms with Crippen molar-refractivity contribution < 1.29 is 4.79 Å². The van der Waals surface area contributed by atoms with Gasteiger partial charge in [-0.3, -0.25) is 4.79 Å². The van der Waals surface area contributed by atoms with Gasteiger partial charge >= 0.3 is 0 Å². The molecule has 1 aromatic rings. The molecule has 0 bridgehead atoms. The molecular weight excluding hydrogens is 208 g/mol. The standard InChI is InChI=1S/C16H20O/c1-3-5-6-8-11-14(4-2)16(17)15-12-9-7-10-13-15/h7,9-10,12-13H,2-3,5-6,8,11H2,1H3. The highest BCUT2D eigenvalue weighted by molar-refractivity contribution is 6.08. The summed E-state index contributed by atoms with van der Waals surface area (Å²) in [6.45, 7) is 5.80. The van der Waals surface area contributed by atoms with Crippen molar-refractivity contribution in [3.8, 4) is 0 Å². The Morgan fingerprint density at radius 3 is 2.47 bits per heavy atom. The van der Waals surface area contributed by atoms with E-state index in [1.807, 2.05) is 30.3 Å². The van der Waals surface area contributed by atoms with Crippen LogP contribution in [-0.4, -0.2) is 5.78 Å². The highest BCUT2D eigenvalue weighted by Gasteiger charge is 2.10. The summed E-state index contributed by atoms with van der Waals surface area (Å²) in [6, 6.07) is 9.35. The van der Waals surface area contributed by atoms with Crippen molar-refractivity contribution in [3.63, 3.8) is 0 Å². The molecule has 0 spiro atoms. The van der Waals surface area contributed by atoms with Crippen LogP contribution in [0.4, 0.5) is 0 Å². The number of rotatable bonds is 7. The Labute approximate surface area is 104 Å². The number of carbonyl (C=O) groups is 1. The second kappa shape index (κ2) is 7.65. The Kier molecular flexibility index (Phi) is 6.06. The van der Waals surface area contributed by atoms with E-state index in [2.05, 4.69) is 19.2 Å². The van der Waals surface area contributed by atoms with E-state index >= 15 is 0 Å². The van der Waals surface area contributed by atoms with Crippen LogP contribution in [0.25, 0.3) is 0 Å². The van der Waals surface area contributed by atoms with Crippen LogP contribution in [0.3, 0.4) is 0 Å². The summed E-state index contributed by atoms with van der Waals surface area (Å²) < 4.78 is 0. The van der Waals surface area contributed by atoms with E-state index in [9.17, 15) is 4.79 Å². The van der Waals surface area contributed by atoms with E-state index in [4.69, 9.17) is 0 Å². The molecule has 0 fully saturated rings. The predicted octanol–water partition coefficient (Wildman–Crippen LogP) is 4.55. The predicted molar refractivity (Wildman–Crippen MR) is 72.2 cm³/mol. The molecule has 0 saturated carbocycles. The average Bonchev–Trinajstić information content (AvgIpc) is 2.39. The van der Waals surface area contributed by atoms with Gasteiger partial charge in [-0.15, -0.1) is 5.73 Å². The Balaban J connectivity index is 2.57. The molecule has 0 aliphatic carbocycles. The van der Waals surface area contributed by atoms with Crippen LogP contribution >= 0.6 is 0 Å². The molecule has 0 radical (unpaired) electrons. The third-order valence-electron chi connectivity index (χ3n) is 2.80. The summed E-state index contributed by atoms with van der Waals surface area (Å²) in [5.74, 6) is 0.0668. The quantitative estimate of drug-likeness (QED) is 0.289. The number of hydrogen-bond acceptors (Lipinski definition) is 1. The number of unbranched alkanes of at least 4 members (excludes halogenated alkanes) is 3. The minimum atomic E-state index is 0.0668. The summed E-state index contributed by atoms with van der Waals surface area (Å²) in [6.07, 6.45) is 5.44. The smallest absolute Gasteiger partial charge is 0.196 e. The van der Waals surface area contributed by atoms with Gasteiger partial charge in [-0.2, -0.15) is 0 Å². The molecule has 0 aliphatic heterocycles. The van der Waals surface area contributed by atoms with Crippen LogP contribution in [0.2, 0.25) is 0 Å². The third kappa shape index (κ3) is 4.42. The monoisotopic (exact) mass is 228 g/mol. The molecule has 1 heteroatoms. The lowest BCUT2D eigenvalue weighted by Crippen LogP contribution is -2.02. The molecule has 0 aromatic heterocycles. The average molecular weight is 228 g/mol. The number of ketones is 1. The Morgan fingerprint density at radius 1 is 1.18 bits per heavy atom. The van der Waals surface area contributed by atoms with Gasteiger partial charge < -0.3 is 0 Å². The van der Waals surface area contributed by atoms with Crippen LogP contribution in [0.5, 0.6) is 0 Å². The maximum atomic E-state index is 12.1. The molecule has 0 amide bonds. The summed E-state index contributed by atoms with van der Waals surface area (Å²) in [7, 11) is 0. The van der Waals surface area contributed by atoms with Gasteiger partial charge in [0.1, 0.15) is 0 Å². The van der Waals surface area contributed by atoms with Crippen molar-refractivity contribution in [3.05, 3.63) is 53.8 Å². The van der Waals surface area contributed by atoms with Gasteiger partial charge in [-0.1, -0.05) is 63.1 Å². The van der Waals surface area contributed by atoms with Crippen molar-refractivity contribution in [2.45, 2.75) is 39.0 Å². The molecule has 0 atom stereocenters. The molecule has 0 N–H and O–H groups in total. The van der Waals surface area contributed by atoms with Crippen molar-refractivity contribution in [2.75, 3.05) is 0 Å². The topological polar surface area (TPSA) is 17.1 Å². The fraction of sp³-hybridized carbons (Fsp3) is 0.375. The van der Waals surface area contributed by atoms with Crippen LogP contribution in [0, 0.1) is 0 Å². The Hall–Kier alpha value is -1.59. The zero-order valence-electron chi connectivity index (χ0n) is 10.5. The molecule has 1 rings (SSSR count). The summed E-state index contributed by atoms with van der Waals surface area (Å²) >= 11 is 0. The Morgan fingerprint density at radius 2 is 1.88 bits per heavy atom. The summed E-state index contributed by atoms with van der Waals surface area (Å²) in [5, 5.41) is 0. The molecular formula is C16H20O. The Bertz CT molecular complexity index is 397. The largest absolute Gasteiger partial charge is 0.288 e. The van der Waals surface area contributed by atoms with E-state index in [1.165, 1.54) is 19.3 Å². The maximum Gasteiger partial charge on any atom is 0.196 e. The lowest BCUT2D eigenvalue weighted by molar-refractivity contribution is 0.103. The fourth-order valence-corrected chi connectivity index (χ4v) is 1.77. The van der Waals surface area contributed by atoms with E-state index in [0.717, 1.165) is 18.4 Å². The number of hydrogen-bond donors (Lipinski definition) is 0. The lowest BCUT2D eigenvalue weighted by Gasteiger charge is -2.04. The van der Waals surface area contributed by atoms with Crippen LogP contribution in [-0.2, 0) is 0 Å². The van der Waals surface area contributed by atoms with Crippen LogP contribution in [0.1, 0.15) is 49.4 Å². The molecule has 17 heavy (non-hydrogen) atoms. The molecule has 0 aliphatic rings. The van der Waals surface area contributed by atoms with Crippen LogP contribution in [0.15, 0.2) is 48.2 Å². The van der Waals surface area contributed by atoms with Crippen LogP contribution < -0.4 is 0 Å². The minimum absolute atomic E-state index is 0.0668. The number of carbonyl (C=O) groups excluding carboxylic acids is 1. The minimum Gasteiger partial charge on any atom is -0.288 e. The maximum absolute atomic E-state index is 12.1. The SMILES string of the molecule is C=C=C(CCCCCC)C(=O)c1ccccc1. The van der Waals surface area contributed by atoms with Gasteiger partial charge in [0.05, 0.1) is 0 Å². The van der Waals surface area contributed by atoms with E-state index in [-0.39, 0.29) is 5.78 Å². The van der Waals surface area contributed by atoms with Gasteiger partial charge in [-0.05, 0) is 12.8 Å². The van der Waals surface area contributed by atoms with Crippen molar-refractivity contribution in [1.82, 2.24) is 0 Å². The van der Waals surface area contributed by atoms with E-state index in [0.29, 0.717) is 5.57 Å². The van der Waals surface area contributed by atoms with Crippen molar-refractivity contribution in [1.29, 1.82) is 0 Å². The van der Waals surface area contributed by atoms with Gasteiger partial charge in [-0.25, -0.2) is 0 Å². The van der Waals surface area contributed by atoms with Gasteiger partial charge in [0.15, 0.2) is 5.78 Å². The van der Waals surface area contributed by atoms with E-state index in [1.54, 1.807) is 0 Å². The second-order valence-corrected chi connectivity index (χ2v) is 4.16. The van der Waals surface area contributed by atoms with E-state index < -0.39 is 0 Å². The third-order valence-corrected chi connectivity index (χ3v) is 2.80. The van der Waals surface area contributed by atoms with Gasteiger partial charge in [0, 0.05) is 11.1 Å². The zero-order valence-corrected chi connectivity index (χ0v) is 10.5. The number of benzene rings is 1. The van der Waals surface area contributed by atoms with Gasteiger partial charge in [0.25, 0.3) is 0 Å². The summed E-state index contributed by atoms with van der Waals surface area (Å²) in [4.78, 5) is 12.1. The highest BCUT2D eigenvalue weighted by Crippen LogP contribution is 2.14. The molecule has 0 unspecified atom stereocenters. The lowest BCUT2D eigenvalue weighted by atomic mass is 9.99. The molecule has 1 nitrogen and oxygen atoms in total. The molecule has 0 saturated heterocycles.